The average Bonchev–Trinajstić information content (AvgIpc) is 3.23. The molecule has 6 nitrogen and oxygen atoms in total. The van der Waals surface area contributed by atoms with Crippen molar-refractivity contribution in [1.82, 2.24) is 10.2 Å². The Kier molecular flexibility index (Phi) is 5.25. The minimum Gasteiger partial charge on any atom is -0.477 e. The average molecular weight is 377 g/mol. The van der Waals surface area contributed by atoms with E-state index in [2.05, 4.69) is 10.2 Å². The van der Waals surface area contributed by atoms with Gasteiger partial charge in [0.2, 0.25) is 5.89 Å². The van der Waals surface area contributed by atoms with Crippen molar-refractivity contribution in [3.8, 4) is 11.3 Å². The van der Waals surface area contributed by atoms with Crippen LogP contribution in [0.25, 0.3) is 17.4 Å². The van der Waals surface area contributed by atoms with Gasteiger partial charge in [0.05, 0.1) is 0 Å². The zero-order chi connectivity index (χ0) is 17.8. The fourth-order valence-corrected chi connectivity index (χ4v) is 2.87. The SMILES string of the molecule is CCc1nnc(S/C(=C\c2ccc(-c3cccc(Cl)c3)o2)C(=O)O)o1. The van der Waals surface area contributed by atoms with E-state index < -0.39 is 5.97 Å². The Bertz CT molecular complexity index is 932. The van der Waals surface area contributed by atoms with Crippen molar-refractivity contribution < 1.29 is 18.7 Å². The van der Waals surface area contributed by atoms with Gasteiger partial charge in [0.15, 0.2) is 0 Å². The number of hydrogen-bond donors (Lipinski definition) is 1. The molecule has 0 radical (unpaired) electrons. The molecule has 25 heavy (non-hydrogen) atoms. The van der Waals surface area contributed by atoms with Gasteiger partial charge in [0.1, 0.15) is 16.4 Å². The van der Waals surface area contributed by atoms with E-state index in [0.717, 1.165) is 17.3 Å². The van der Waals surface area contributed by atoms with Gasteiger partial charge in [-0.3, -0.25) is 0 Å². The molecule has 2 heterocycles. The predicted molar refractivity (Wildman–Crippen MR) is 94.3 cm³/mol. The Morgan fingerprint density at radius 1 is 1.28 bits per heavy atom. The fraction of sp³-hybridized carbons (Fsp3) is 0.118. The molecular formula is C17H13ClN2O4S. The Hall–Kier alpha value is -2.51. The summed E-state index contributed by atoms with van der Waals surface area (Å²) in [6, 6.07) is 10.6. The van der Waals surface area contributed by atoms with Gasteiger partial charge in [-0.15, -0.1) is 10.2 Å². The van der Waals surface area contributed by atoms with Crippen molar-refractivity contribution in [3.63, 3.8) is 0 Å². The van der Waals surface area contributed by atoms with Crippen LogP contribution in [0.2, 0.25) is 5.02 Å². The highest BCUT2D eigenvalue weighted by atomic mass is 35.5. The Morgan fingerprint density at radius 2 is 2.12 bits per heavy atom. The second-order valence-electron chi connectivity index (χ2n) is 4.94. The summed E-state index contributed by atoms with van der Waals surface area (Å²) in [7, 11) is 0. The maximum absolute atomic E-state index is 11.5. The Morgan fingerprint density at radius 3 is 2.80 bits per heavy atom. The first-order valence-electron chi connectivity index (χ1n) is 7.36. The third kappa shape index (κ3) is 4.32. The molecule has 0 unspecified atom stereocenters. The van der Waals surface area contributed by atoms with Gasteiger partial charge in [0, 0.05) is 23.1 Å². The van der Waals surface area contributed by atoms with E-state index in [9.17, 15) is 9.90 Å². The summed E-state index contributed by atoms with van der Waals surface area (Å²) in [6.45, 7) is 1.87. The molecule has 8 heteroatoms. The monoisotopic (exact) mass is 376 g/mol. The van der Waals surface area contributed by atoms with Gasteiger partial charge in [-0.05, 0) is 36.0 Å². The summed E-state index contributed by atoms with van der Waals surface area (Å²) in [5.74, 6) is 0.333. The van der Waals surface area contributed by atoms with E-state index in [-0.39, 0.29) is 10.1 Å². The highest BCUT2D eigenvalue weighted by Crippen LogP contribution is 2.30. The van der Waals surface area contributed by atoms with Crippen molar-refractivity contribution in [1.29, 1.82) is 0 Å². The van der Waals surface area contributed by atoms with Gasteiger partial charge in [-0.25, -0.2) is 4.79 Å². The van der Waals surface area contributed by atoms with Gasteiger partial charge in [0.25, 0.3) is 5.22 Å². The number of carbonyl (C=O) groups is 1. The van der Waals surface area contributed by atoms with E-state index >= 15 is 0 Å². The molecule has 0 spiro atoms. The van der Waals surface area contributed by atoms with Crippen LogP contribution in [0.5, 0.6) is 0 Å². The molecule has 0 amide bonds. The van der Waals surface area contributed by atoms with E-state index in [1.807, 2.05) is 19.1 Å². The van der Waals surface area contributed by atoms with Crippen LogP contribution in [0, 0.1) is 0 Å². The summed E-state index contributed by atoms with van der Waals surface area (Å²) in [5, 5.41) is 17.8. The highest BCUT2D eigenvalue weighted by molar-refractivity contribution is 8.03. The Labute approximate surface area is 152 Å². The third-order valence-corrected chi connectivity index (χ3v) is 4.26. The van der Waals surface area contributed by atoms with Crippen LogP contribution in [0.3, 0.4) is 0 Å². The topological polar surface area (TPSA) is 89.4 Å². The van der Waals surface area contributed by atoms with Crippen LogP contribution in [0.4, 0.5) is 0 Å². The van der Waals surface area contributed by atoms with Gasteiger partial charge in [-0.1, -0.05) is 30.7 Å². The van der Waals surface area contributed by atoms with E-state index in [1.54, 1.807) is 24.3 Å². The van der Waals surface area contributed by atoms with Gasteiger partial charge < -0.3 is 13.9 Å². The van der Waals surface area contributed by atoms with Crippen molar-refractivity contribution in [2.75, 3.05) is 0 Å². The van der Waals surface area contributed by atoms with Crippen molar-refractivity contribution in [3.05, 3.63) is 58.0 Å². The number of aryl methyl sites for hydroxylation is 1. The lowest BCUT2D eigenvalue weighted by Gasteiger charge is -1.98. The summed E-state index contributed by atoms with van der Waals surface area (Å²) in [5.41, 5.74) is 0.807. The Balaban J connectivity index is 1.84. The number of aliphatic carboxylic acids is 1. The van der Waals surface area contributed by atoms with Gasteiger partial charge in [-0.2, -0.15) is 0 Å². The van der Waals surface area contributed by atoms with Crippen molar-refractivity contribution in [2.24, 2.45) is 0 Å². The minimum absolute atomic E-state index is 0.0123. The molecule has 2 aromatic heterocycles. The standard InChI is InChI=1S/C17H13ClN2O4S/c1-2-15-19-20-17(24-15)25-14(16(21)22)9-12-6-7-13(23-12)10-4-3-5-11(18)8-10/h3-9H,2H2,1H3,(H,21,22)/b14-9-. The number of aromatic nitrogens is 2. The summed E-state index contributed by atoms with van der Waals surface area (Å²) in [6.07, 6.45) is 2.00. The first kappa shape index (κ1) is 17.3. The van der Waals surface area contributed by atoms with Gasteiger partial charge >= 0.3 is 5.97 Å². The summed E-state index contributed by atoms with van der Waals surface area (Å²) >= 11 is 6.85. The van der Waals surface area contributed by atoms with Crippen molar-refractivity contribution in [2.45, 2.75) is 18.6 Å². The lowest BCUT2D eigenvalue weighted by molar-refractivity contribution is -0.131. The quantitative estimate of drug-likeness (QED) is 0.489. The van der Waals surface area contributed by atoms with Crippen LogP contribution in [-0.2, 0) is 11.2 Å². The highest BCUT2D eigenvalue weighted by Gasteiger charge is 2.16. The minimum atomic E-state index is -1.11. The maximum atomic E-state index is 11.5. The molecule has 1 aromatic carbocycles. The number of furan rings is 1. The van der Waals surface area contributed by atoms with E-state index in [1.165, 1.54) is 6.08 Å². The van der Waals surface area contributed by atoms with Crippen LogP contribution < -0.4 is 0 Å². The second-order valence-corrected chi connectivity index (χ2v) is 6.37. The molecule has 0 aliphatic rings. The number of nitrogens with zero attached hydrogens (tertiary/aromatic N) is 2. The van der Waals surface area contributed by atoms with Crippen LogP contribution in [0.1, 0.15) is 18.6 Å². The number of thioether (sulfide) groups is 1. The molecule has 1 N–H and O–H groups in total. The lowest BCUT2D eigenvalue weighted by Crippen LogP contribution is -1.96. The second kappa shape index (κ2) is 7.58. The molecular weight excluding hydrogens is 364 g/mol. The number of carboxylic acids is 1. The molecule has 0 saturated heterocycles. The maximum Gasteiger partial charge on any atom is 0.342 e. The van der Waals surface area contributed by atoms with Crippen LogP contribution in [-0.4, -0.2) is 21.3 Å². The number of carboxylic acid groups (broad SMARTS) is 1. The van der Waals surface area contributed by atoms with Crippen LogP contribution in [0.15, 0.2) is 55.4 Å². The smallest absolute Gasteiger partial charge is 0.342 e. The molecule has 0 fully saturated rings. The molecule has 0 bridgehead atoms. The zero-order valence-corrected chi connectivity index (χ0v) is 14.7. The number of hydrogen-bond acceptors (Lipinski definition) is 6. The lowest BCUT2D eigenvalue weighted by atomic mass is 10.2. The molecule has 3 rings (SSSR count). The zero-order valence-electron chi connectivity index (χ0n) is 13.1. The molecule has 0 atom stereocenters. The molecule has 128 valence electrons. The molecule has 3 aromatic rings. The number of halogens is 1. The summed E-state index contributed by atoms with van der Waals surface area (Å²) < 4.78 is 11.0. The largest absolute Gasteiger partial charge is 0.477 e. The van der Waals surface area contributed by atoms with Crippen molar-refractivity contribution >= 4 is 35.4 Å². The number of benzene rings is 1. The molecule has 0 aliphatic carbocycles. The van der Waals surface area contributed by atoms with Crippen LogP contribution >= 0.6 is 23.4 Å². The van der Waals surface area contributed by atoms with E-state index in [4.69, 9.17) is 20.4 Å². The molecule has 0 saturated carbocycles. The van der Waals surface area contributed by atoms with E-state index in [0.29, 0.717) is 28.9 Å². The fourth-order valence-electron chi connectivity index (χ4n) is 2.01. The normalized spacial score (nSPS) is 11.7. The number of rotatable bonds is 6. The molecule has 0 aliphatic heterocycles. The summed E-state index contributed by atoms with van der Waals surface area (Å²) in [4.78, 5) is 11.5. The first-order chi connectivity index (χ1) is 12.0. The first-order valence-corrected chi connectivity index (χ1v) is 8.55. The predicted octanol–water partition coefficient (Wildman–Crippen LogP) is 4.76. The third-order valence-electron chi connectivity index (χ3n) is 3.17.